The van der Waals surface area contributed by atoms with Crippen LogP contribution in [0, 0.1) is 0 Å². The van der Waals surface area contributed by atoms with Crippen LogP contribution >= 0.6 is 0 Å². The Kier molecular flexibility index (Phi) is 6.17. The van der Waals surface area contributed by atoms with E-state index in [0.29, 0.717) is 28.4 Å². The van der Waals surface area contributed by atoms with Gasteiger partial charge < -0.3 is 18.9 Å². The van der Waals surface area contributed by atoms with Crippen LogP contribution < -0.4 is 14.2 Å². The molecule has 0 aliphatic carbocycles. The summed E-state index contributed by atoms with van der Waals surface area (Å²) in [6, 6.07) is 11.3. The van der Waals surface area contributed by atoms with Gasteiger partial charge in [0, 0.05) is 11.6 Å². The van der Waals surface area contributed by atoms with Gasteiger partial charge in [-0.15, -0.1) is 0 Å². The first kappa shape index (κ1) is 18.1. The normalized spacial score (nSPS) is 10.4. The lowest BCUT2D eigenvalue weighted by Crippen LogP contribution is -2.05. The maximum Gasteiger partial charge on any atom is 0.337 e. The van der Waals surface area contributed by atoms with Gasteiger partial charge >= 0.3 is 11.9 Å². The lowest BCUT2D eigenvalue weighted by Gasteiger charge is -2.07. The third kappa shape index (κ3) is 4.84. The first-order chi connectivity index (χ1) is 12.1. The topological polar surface area (TPSA) is 71.1 Å². The first-order valence-corrected chi connectivity index (χ1v) is 7.37. The number of hydrogen-bond acceptors (Lipinski definition) is 6. The van der Waals surface area contributed by atoms with E-state index in [4.69, 9.17) is 14.2 Å². The van der Waals surface area contributed by atoms with Crippen molar-refractivity contribution in [2.24, 2.45) is 0 Å². The van der Waals surface area contributed by atoms with Gasteiger partial charge in [-0.1, -0.05) is 0 Å². The molecule has 6 heteroatoms. The van der Waals surface area contributed by atoms with Gasteiger partial charge in [-0.2, -0.15) is 0 Å². The van der Waals surface area contributed by atoms with E-state index in [9.17, 15) is 9.59 Å². The Bertz CT molecular complexity index is 777. The molecule has 6 nitrogen and oxygen atoms in total. The summed E-state index contributed by atoms with van der Waals surface area (Å²) in [5, 5.41) is 0. The van der Waals surface area contributed by atoms with Crippen LogP contribution in [-0.4, -0.2) is 33.3 Å². The van der Waals surface area contributed by atoms with Crippen LogP contribution in [0.15, 0.2) is 48.5 Å². The minimum atomic E-state index is -0.560. The van der Waals surface area contributed by atoms with Crippen molar-refractivity contribution in [1.29, 1.82) is 0 Å². The molecule has 0 aliphatic rings. The molecule has 0 unspecified atom stereocenters. The zero-order chi connectivity index (χ0) is 18.2. The molecule has 130 valence electrons. The smallest absolute Gasteiger partial charge is 0.337 e. The summed E-state index contributed by atoms with van der Waals surface area (Å²) in [5.41, 5.74) is 1.05. The van der Waals surface area contributed by atoms with E-state index in [0.717, 1.165) is 0 Å². The summed E-state index contributed by atoms with van der Waals surface area (Å²) < 4.78 is 20.2. The van der Waals surface area contributed by atoms with Crippen LogP contribution in [-0.2, 0) is 9.53 Å². The quantitative estimate of drug-likeness (QED) is 0.456. The number of ether oxygens (including phenoxy) is 4. The van der Waals surface area contributed by atoms with Gasteiger partial charge in [-0.25, -0.2) is 9.59 Å². The highest BCUT2D eigenvalue weighted by molar-refractivity contribution is 5.91. The molecule has 0 heterocycles. The summed E-state index contributed by atoms with van der Waals surface area (Å²) in [6.45, 7) is 0. The zero-order valence-electron chi connectivity index (χ0n) is 14.1. The van der Waals surface area contributed by atoms with Crippen LogP contribution in [0.25, 0.3) is 6.08 Å². The minimum absolute atomic E-state index is 0.319. The molecule has 0 amide bonds. The highest BCUT2D eigenvalue weighted by Gasteiger charge is 2.07. The van der Waals surface area contributed by atoms with Crippen LogP contribution in [0.3, 0.4) is 0 Å². The van der Waals surface area contributed by atoms with Crippen molar-refractivity contribution < 1.29 is 28.5 Å². The van der Waals surface area contributed by atoms with E-state index in [1.54, 1.807) is 38.5 Å². The maximum atomic E-state index is 11.9. The van der Waals surface area contributed by atoms with Crippen LogP contribution in [0.5, 0.6) is 17.2 Å². The maximum absolute atomic E-state index is 11.9. The molecule has 0 saturated heterocycles. The average Bonchev–Trinajstić information content (AvgIpc) is 2.66. The number of carbonyl (C=O) groups is 2. The number of esters is 2. The fourth-order valence-corrected chi connectivity index (χ4v) is 2.05. The van der Waals surface area contributed by atoms with Crippen molar-refractivity contribution in [2.75, 3.05) is 21.3 Å². The second-order valence-electron chi connectivity index (χ2n) is 4.88. The number of carbonyl (C=O) groups excluding carboxylic acids is 2. The molecule has 0 spiro atoms. The monoisotopic (exact) mass is 342 g/mol. The molecular formula is C19H18O6. The molecular weight excluding hydrogens is 324 g/mol. The summed E-state index contributed by atoms with van der Waals surface area (Å²) in [7, 11) is 4.40. The summed E-state index contributed by atoms with van der Waals surface area (Å²) in [4.78, 5) is 23.3. The Balaban J connectivity index is 2.07. The van der Waals surface area contributed by atoms with Crippen LogP contribution in [0.2, 0.25) is 0 Å². The molecule has 0 aliphatic heterocycles. The van der Waals surface area contributed by atoms with Gasteiger partial charge in [0.15, 0.2) is 0 Å². The predicted molar refractivity (Wildman–Crippen MR) is 92.0 cm³/mol. The van der Waals surface area contributed by atoms with Gasteiger partial charge in [-0.3, -0.25) is 0 Å². The number of hydrogen-bond donors (Lipinski definition) is 0. The molecule has 25 heavy (non-hydrogen) atoms. The van der Waals surface area contributed by atoms with Crippen molar-refractivity contribution in [3.63, 3.8) is 0 Å². The van der Waals surface area contributed by atoms with E-state index in [2.05, 4.69) is 4.74 Å². The third-order valence-electron chi connectivity index (χ3n) is 3.33. The minimum Gasteiger partial charge on any atom is -0.497 e. The Hall–Kier alpha value is -3.28. The van der Waals surface area contributed by atoms with E-state index in [-0.39, 0.29) is 0 Å². The Morgan fingerprint density at radius 2 is 1.56 bits per heavy atom. The fourth-order valence-electron chi connectivity index (χ4n) is 2.05. The molecule has 0 N–H and O–H groups in total. The van der Waals surface area contributed by atoms with Gasteiger partial charge in [0.2, 0.25) is 0 Å². The van der Waals surface area contributed by atoms with Crippen LogP contribution in [0.4, 0.5) is 0 Å². The second-order valence-corrected chi connectivity index (χ2v) is 4.88. The summed E-state index contributed by atoms with van der Waals surface area (Å²) in [5.74, 6) is 0.554. The van der Waals surface area contributed by atoms with Crippen molar-refractivity contribution in [3.8, 4) is 17.2 Å². The van der Waals surface area contributed by atoms with Crippen molar-refractivity contribution in [2.45, 2.75) is 0 Å². The van der Waals surface area contributed by atoms with E-state index in [1.807, 2.05) is 0 Å². The molecule has 2 rings (SSSR count). The van der Waals surface area contributed by atoms with Gasteiger partial charge in [0.05, 0.1) is 26.9 Å². The molecule has 0 saturated carbocycles. The molecule has 0 radical (unpaired) electrons. The Labute approximate surface area is 145 Å². The summed E-state index contributed by atoms with van der Waals surface area (Å²) >= 11 is 0. The fraction of sp³-hybridized carbons (Fsp3) is 0.158. The van der Waals surface area contributed by atoms with Gasteiger partial charge in [-0.05, 0) is 48.5 Å². The molecule has 0 fully saturated rings. The number of methoxy groups -OCH3 is 3. The van der Waals surface area contributed by atoms with Gasteiger partial charge in [0.25, 0.3) is 0 Å². The van der Waals surface area contributed by atoms with Crippen molar-refractivity contribution in [3.05, 3.63) is 59.7 Å². The predicted octanol–water partition coefficient (Wildman–Crippen LogP) is 3.11. The number of benzene rings is 2. The highest BCUT2D eigenvalue weighted by Crippen LogP contribution is 2.25. The van der Waals surface area contributed by atoms with Crippen molar-refractivity contribution >= 4 is 18.0 Å². The van der Waals surface area contributed by atoms with Gasteiger partial charge in [0.1, 0.15) is 17.2 Å². The number of rotatable bonds is 6. The Morgan fingerprint density at radius 3 is 2.16 bits per heavy atom. The molecule has 2 aromatic rings. The molecule has 0 atom stereocenters. The lowest BCUT2D eigenvalue weighted by atomic mass is 10.1. The van der Waals surface area contributed by atoms with E-state index < -0.39 is 11.9 Å². The summed E-state index contributed by atoms with van der Waals surface area (Å²) in [6.07, 6.45) is 2.86. The average molecular weight is 342 g/mol. The highest BCUT2D eigenvalue weighted by atomic mass is 16.5. The first-order valence-electron chi connectivity index (χ1n) is 7.37. The lowest BCUT2D eigenvalue weighted by molar-refractivity contribution is -0.128. The molecule has 2 aromatic carbocycles. The van der Waals surface area contributed by atoms with E-state index in [1.165, 1.54) is 37.5 Å². The SMILES string of the molecule is COC(=O)c1ccc(OC(=O)/C=C/c2cc(OC)ccc2OC)cc1. The molecule has 0 aromatic heterocycles. The Morgan fingerprint density at radius 1 is 0.880 bits per heavy atom. The van der Waals surface area contributed by atoms with E-state index >= 15 is 0 Å². The largest absolute Gasteiger partial charge is 0.497 e. The van der Waals surface area contributed by atoms with Crippen molar-refractivity contribution in [1.82, 2.24) is 0 Å². The zero-order valence-corrected chi connectivity index (χ0v) is 14.1. The standard InChI is InChI=1S/C19H18O6/c1-22-16-9-10-17(23-2)14(12-16)6-11-18(20)25-15-7-4-13(5-8-15)19(21)24-3/h4-12H,1-3H3/b11-6+. The second kappa shape index (κ2) is 8.54. The third-order valence-corrected chi connectivity index (χ3v) is 3.33. The van der Waals surface area contributed by atoms with Crippen LogP contribution in [0.1, 0.15) is 15.9 Å². The molecule has 0 bridgehead atoms.